The van der Waals surface area contributed by atoms with Gasteiger partial charge in [0.05, 0.1) is 18.3 Å². The lowest BCUT2D eigenvalue weighted by molar-refractivity contribution is -0.227. The molecule has 4 aliphatic rings. The first-order valence-corrected chi connectivity index (χ1v) is 29.1. The topological polar surface area (TPSA) is 256 Å². The van der Waals surface area contributed by atoms with Crippen LogP contribution in [0.1, 0.15) is 143 Å². The van der Waals surface area contributed by atoms with Gasteiger partial charge >= 0.3 is 0 Å². The average Bonchev–Trinajstić information content (AvgIpc) is 3.57. The van der Waals surface area contributed by atoms with Crippen LogP contribution in [0.15, 0.2) is 0 Å². The number of nitrogens with one attached hydrogen (secondary N) is 4. The molecule has 4 aliphatic carbocycles. The highest BCUT2D eigenvalue weighted by Gasteiger charge is 2.66. The van der Waals surface area contributed by atoms with Gasteiger partial charge in [0.25, 0.3) is 30.4 Å². The molecule has 0 aromatic heterocycles. The van der Waals surface area contributed by atoms with Gasteiger partial charge in [-0.2, -0.15) is 25.3 Å². The minimum Gasteiger partial charge on any atom is -0.378 e. The van der Waals surface area contributed by atoms with Gasteiger partial charge in [-0.1, -0.05) is 59.8 Å². The number of ether oxygens (including phenoxy) is 3. The number of carbonyl (C=O) groups excluding carboxylic acids is 1. The van der Waals surface area contributed by atoms with Gasteiger partial charge in [0.1, 0.15) is 17.6 Å². The molecular weight excluding hydrogens is 889 g/mol. The van der Waals surface area contributed by atoms with E-state index in [1.807, 2.05) is 0 Å². The van der Waals surface area contributed by atoms with E-state index in [0.717, 1.165) is 64.2 Å². The molecule has 4 unspecified atom stereocenters. The summed E-state index contributed by atoms with van der Waals surface area (Å²) in [6.07, 6.45) is 16.4. The molecule has 0 bridgehead atoms. The lowest BCUT2D eigenvalue weighted by atomic mass is 9.43. The third kappa shape index (κ3) is 17.5. The van der Waals surface area contributed by atoms with Gasteiger partial charge in [0.2, 0.25) is 5.91 Å². The van der Waals surface area contributed by atoms with Crippen LogP contribution in [-0.4, -0.2) is 127 Å². The van der Waals surface area contributed by atoms with E-state index in [1.54, 1.807) is 0 Å². The van der Waals surface area contributed by atoms with Gasteiger partial charge in [-0.3, -0.25) is 18.5 Å². The number of unbranched alkanes of at least 4 members (excludes halogenated alkanes) is 5. The second-order valence-corrected chi connectivity index (χ2v) is 24.3. The summed E-state index contributed by atoms with van der Waals surface area (Å²) in [5, 5.41) is 11.5. The van der Waals surface area contributed by atoms with Crippen molar-refractivity contribution in [3.63, 3.8) is 0 Å². The predicted molar refractivity (Wildman–Crippen MR) is 247 cm³/mol. The fourth-order valence-corrected chi connectivity index (χ4v) is 13.5. The minimum absolute atomic E-state index is 0.0176. The van der Waals surface area contributed by atoms with Crippen LogP contribution in [-0.2, 0) is 49.4 Å². The summed E-state index contributed by atoms with van der Waals surface area (Å²) < 4.78 is 115. The van der Waals surface area contributed by atoms with E-state index in [9.17, 15) is 39.2 Å². The molecule has 0 aromatic carbocycles. The molecule has 0 radical (unpaired) electrons. The smallest absolute Gasteiger partial charge is 0.278 e. The number of amides is 1. The highest BCUT2D eigenvalue weighted by molar-refractivity contribution is 7.86. The number of carbonyl (C=O) groups is 1. The van der Waals surface area contributed by atoms with Crippen molar-refractivity contribution in [3.05, 3.63) is 0 Å². The fraction of sp³-hybridized carbons (Fsp3) is 0.977. The summed E-state index contributed by atoms with van der Waals surface area (Å²) >= 11 is 0. The van der Waals surface area contributed by atoms with E-state index in [2.05, 4.69) is 49.0 Å². The van der Waals surface area contributed by atoms with Crippen molar-refractivity contribution < 1.29 is 57.9 Å². The monoisotopic (exact) mass is 973 g/mol. The Balaban J connectivity index is 1.52. The molecule has 64 heavy (non-hydrogen) atoms. The molecule has 20 heteroatoms. The van der Waals surface area contributed by atoms with E-state index >= 15 is 0 Å². The van der Waals surface area contributed by atoms with Gasteiger partial charge in [0.15, 0.2) is 0 Å². The molecule has 4 rings (SSSR count). The third-order valence-electron chi connectivity index (χ3n) is 15.5. The maximum absolute atomic E-state index is 13.1. The van der Waals surface area contributed by atoms with E-state index in [1.165, 1.54) is 25.7 Å². The summed E-state index contributed by atoms with van der Waals surface area (Å²) in [6, 6.07) is 0. The Hall–Kier alpha value is -1.04. The number of hydrogen-bond acceptors (Lipinski definition) is 13. The van der Waals surface area contributed by atoms with E-state index in [0.29, 0.717) is 83.5 Å². The molecule has 0 saturated heterocycles. The summed E-state index contributed by atoms with van der Waals surface area (Å²) in [6.45, 7) is 12.5. The predicted octanol–water partition coefficient (Wildman–Crippen LogP) is 5.39. The van der Waals surface area contributed by atoms with Gasteiger partial charge < -0.3 is 35.5 Å². The van der Waals surface area contributed by atoms with Crippen molar-refractivity contribution >= 4 is 36.3 Å². The maximum atomic E-state index is 13.1. The van der Waals surface area contributed by atoms with Crippen LogP contribution in [0.4, 0.5) is 0 Å². The second-order valence-electron chi connectivity index (χ2n) is 19.9. The van der Waals surface area contributed by atoms with E-state index < -0.39 is 48.0 Å². The molecule has 376 valence electrons. The van der Waals surface area contributed by atoms with Crippen LogP contribution in [0.2, 0.25) is 0 Å². The molecule has 1 amide bonds. The van der Waals surface area contributed by atoms with Gasteiger partial charge in [-0.25, -0.2) is 0 Å². The quantitative estimate of drug-likeness (QED) is 0.0330. The normalized spacial score (nSPS) is 31.2. The van der Waals surface area contributed by atoms with Crippen molar-refractivity contribution in [2.75, 3.05) is 63.6 Å². The Kier molecular flexibility index (Phi) is 22.6. The average molecular weight is 973 g/mol. The van der Waals surface area contributed by atoms with E-state index in [4.69, 9.17) is 18.8 Å². The summed E-state index contributed by atoms with van der Waals surface area (Å²) in [5.74, 6) is 0.263. The molecule has 4 saturated carbocycles. The summed E-state index contributed by atoms with van der Waals surface area (Å²) in [5.41, 5.74) is -0.237. The number of fused-ring (bicyclic) bond motifs is 5. The van der Waals surface area contributed by atoms with Crippen LogP contribution >= 0.6 is 0 Å². The molecule has 4 fully saturated rings. The van der Waals surface area contributed by atoms with Gasteiger partial charge in [-0.15, -0.1) is 0 Å². The highest BCUT2D eigenvalue weighted by Crippen LogP contribution is 2.69. The molecule has 0 spiro atoms. The van der Waals surface area contributed by atoms with Crippen LogP contribution in [0.3, 0.4) is 0 Å². The Bertz CT molecular complexity index is 1740. The largest absolute Gasteiger partial charge is 0.378 e. The van der Waals surface area contributed by atoms with Crippen molar-refractivity contribution in [2.45, 2.75) is 162 Å². The Morgan fingerprint density at radius 1 is 0.672 bits per heavy atom. The van der Waals surface area contributed by atoms with Crippen LogP contribution in [0.5, 0.6) is 0 Å². The van der Waals surface area contributed by atoms with Crippen molar-refractivity contribution in [2.24, 2.45) is 46.3 Å². The van der Waals surface area contributed by atoms with Crippen LogP contribution in [0, 0.1) is 46.3 Å². The minimum atomic E-state index is -4.14. The molecule has 11 atom stereocenters. The van der Waals surface area contributed by atoms with Crippen molar-refractivity contribution in [1.82, 2.24) is 21.3 Å². The highest BCUT2D eigenvalue weighted by atomic mass is 32.2. The molecular formula is C44H84N4O13S3. The van der Waals surface area contributed by atoms with Gasteiger partial charge in [0, 0.05) is 38.2 Å². The molecule has 7 N–H and O–H groups in total. The molecule has 0 heterocycles. The zero-order valence-electron chi connectivity index (χ0n) is 39.1. The van der Waals surface area contributed by atoms with E-state index in [-0.39, 0.29) is 58.7 Å². The van der Waals surface area contributed by atoms with Crippen LogP contribution < -0.4 is 21.3 Å². The van der Waals surface area contributed by atoms with Gasteiger partial charge in [-0.05, 0) is 138 Å². The Morgan fingerprint density at radius 2 is 1.23 bits per heavy atom. The fourth-order valence-electron chi connectivity index (χ4n) is 12.3. The standard InChI is InChI=1S/C44H84N4O13S3/c1-5-6-7-8-9-10-23-48-41(49)17-14-33(2)36-15-16-37-42-38(29-40(44(36,37)4)61-26-13-22-47-32-64(56,57)58)43(3)19-18-35(59-24-11-20-45-30-62(50,51)52)27-34(43)28-39(42)60-25-12-21-46-31-63(53,54)55/h33-40,42,45-47H,5-32H2,1-4H3,(H,48,49)(H,50,51,52)(H,53,54,55)(H,56,57,58)/t33?,34?,35-,36?,37+,38+,39-,40+,42?,43+,44-/m1/s1. The Morgan fingerprint density at radius 3 is 1.83 bits per heavy atom. The summed E-state index contributed by atoms with van der Waals surface area (Å²) in [7, 11) is -12.4. The third-order valence-corrected chi connectivity index (χ3v) is 17.2. The zero-order chi connectivity index (χ0) is 47.0. The first-order chi connectivity index (χ1) is 30.2. The SMILES string of the molecule is CCCCCCCCNC(=O)CCC(C)C1CC[C@H]2C3[C@H](OCCCNCS(=O)(=O)O)CC4C[C@H](OCCCNCS(=O)(=O)O)CC[C@]4(C)[C@H]3C[C@H](OCCCNCS(=O)(=O)O)[C@]12C. The second kappa shape index (κ2) is 26.1. The molecule has 17 nitrogen and oxygen atoms in total. The molecule has 0 aliphatic heterocycles. The van der Waals surface area contributed by atoms with Crippen LogP contribution in [0.25, 0.3) is 0 Å². The number of rotatable bonds is 32. The lowest BCUT2D eigenvalue weighted by Gasteiger charge is -2.65. The molecule has 0 aromatic rings. The first-order valence-electron chi connectivity index (χ1n) is 24.3. The first kappa shape index (κ1) is 55.6. The van der Waals surface area contributed by atoms with Crippen molar-refractivity contribution in [1.29, 1.82) is 0 Å². The maximum Gasteiger partial charge on any atom is 0.278 e. The number of hydrogen-bond donors (Lipinski definition) is 7. The lowest BCUT2D eigenvalue weighted by Crippen LogP contribution is -2.63. The van der Waals surface area contributed by atoms with Crippen molar-refractivity contribution in [3.8, 4) is 0 Å². The summed E-state index contributed by atoms with van der Waals surface area (Å²) in [4.78, 5) is 13.1. The Labute approximate surface area is 385 Å². The zero-order valence-corrected chi connectivity index (χ0v) is 41.6.